The van der Waals surface area contributed by atoms with Gasteiger partial charge in [-0.05, 0) is 52.0 Å². The molecule has 3 nitrogen and oxygen atoms in total. The summed E-state index contributed by atoms with van der Waals surface area (Å²) in [5, 5.41) is 2.71. The Morgan fingerprint density at radius 2 is 1.12 bits per heavy atom. The quantitative estimate of drug-likeness (QED) is 0.303. The Morgan fingerprint density at radius 3 is 1.65 bits per heavy atom. The van der Waals surface area contributed by atoms with Gasteiger partial charge >= 0.3 is 0 Å². The van der Waals surface area contributed by atoms with Crippen LogP contribution in [0.5, 0.6) is 0 Å². The Hall–Kier alpha value is -2.47. The number of carbonyl (C=O) groups excluding carboxylic acids is 1. The highest BCUT2D eigenvalue weighted by molar-refractivity contribution is 7.69. The highest BCUT2D eigenvalue weighted by atomic mass is 31.1. The lowest BCUT2D eigenvalue weighted by atomic mass is 9.96. The third-order valence-electron chi connectivity index (χ3n) is 6.29. The van der Waals surface area contributed by atoms with Crippen molar-refractivity contribution in [1.29, 1.82) is 0 Å². The summed E-state index contributed by atoms with van der Waals surface area (Å²) < 4.78 is 4.29. The number of carbonyl (C=O) groups is 1. The van der Waals surface area contributed by atoms with Crippen LogP contribution in [0.3, 0.4) is 0 Å². The van der Waals surface area contributed by atoms with E-state index in [1.807, 2.05) is 36.7 Å². The van der Waals surface area contributed by atoms with Crippen LogP contribution in [-0.4, -0.2) is 25.2 Å². The van der Waals surface area contributed by atoms with Gasteiger partial charge in [0.2, 0.25) is 0 Å². The first-order chi connectivity index (χ1) is 16.2. The summed E-state index contributed by atoms with van der Waals surface area (Å²) in [7, 11) is 2.28. The number of aromatic nitrogens is 2. The van der Waals surface area contributed by atoms with Crippen LogP contribution in [-0.2, 0) is 4.79 Å². The first-order valence-electron chi connectivity index (χ1n) is 11.7. The second-order valence-corrected chi connectivity index (χ2v) is 14.3. The number of ketones is 1. The smallest absolute Gasteiger partial charge is 0.134 e. The molecule has 4 aromatic rings. The average molecular weight is 489 g/mol. The van der Waals surface area contributed by atoms with Gasteiger partial charge in [0.15, 0.2) is 0 Å². The monoisotopic (exact) mass is 488 g/mol. The number of hydrogen-bond acceptors (Lipinski definition) is 1. The number of benzene rings is 2. The van der Waals surface area contributed by atoms with E-state index < -0.39 is 7.92 Å². The molecule has 2 aromatic carbocycles. The number of Topliss-reactive ketones (excluding diaryl/α,β-unsaturated/α-hetero) is 1. The zero-order valence-corrected chi connectivity index (χ0v) is 22.5. The minimum Gasteiger partial charge on any atom is -0.323 e. The van der Waals surface area contributed by atoms with Crippen molar-refractivity contribution < 1.29 is 4.79 Å². The zero-order valence-electron chi connectivity index (χ0n) is 20.5. The molecule has 5 heteroatoms. The van der Waals surface area contributed by atoms with Crippen LogP contribution in [0.4, 0.5) is 0 Å². The normalized spacial score (nSPS) is 17.1. The number of nitrogens with zero attached hydrogens (tertiary/aromatic N) is 2. The summed E-state index contributed by atoms with van der Waals surface area (Å²) in [6, 6.07) is 25.1. The molecule has 0 bridgehead atoms. The molecule has 5 rings (SSSR count). The summed E-state index contributed by atoms with van der Waals surface area (Å²) in [6.07, 6.45) is 9.68. The standard InChI is InChI=1S/C19H24NOP.C10H10NP/c1-18(2)13-15(21)14-19(3,4)22(18)17-10-6-5-9-16(17)20-11-7-8-12-20;12-10-6-2-1-5-9(10)11-7-3-4-8-11/h5-12H,13-14H2,1-4H3;1-8H,12H2. The molecule has 1 aliphatic rings. The van der Waals surface area contributed by atoms with Gasteiger partial charge in [0.25, 0.3) is 0 Å². The van der Waals surface area contributed by atoms with Crippen molar-refractivity contribution in [3.05, 3.63) is 97.6 Å². The third-order valence-corrected chi connectivity index (χ3v) is 10.4. The van der Waals surface area contributed by atoms with Gasteiger partial charge in [-0.25, -0.2) is 0 Å². The van der Waals surface area contributed by atoms with Crippen LogP contribution in [0.2, 0.25) is 0 Å². The Kier molecular flexibility index (Phi) is 7.27. The minimum atomic E-state index is -0.447. The van der Waals surface area contributed by atoms with Crippen molar-refractivity contribution in [1.82, 2.24) is 9.13 Å². The van der Waals surface area contributed by atoms with Crippen LogP contribution in [0.1, 0.15) is 40.5 Å². The van der Waals surface area contributed by atoms with Gasteiger partial charge in [-0.2, -0.15) is 0 Å². The van der Waals surface area contributed by atoms with Crippen LogP contribution >= 0.6 is 17.2 Å². The van der Waals surface area contributed by atoms with E-state index >= 15 is 0 Å². The van der Waals surface area contributed by atoms with E-state index in [4.69, 9.17) is 0 Å². The molecule has 1 unspecified atom stereocenters. The predicted octanol–water partition coefficient (Wildman–Crippen LogP) is 6.48. The Labute approximate surface area is 207 Å². The van der Waals surface area contributed by atoms with Crippen molar-refractivity contribution in [2.45, 2.75) is 50.8 Å². The Balaban J connectivity index is 0.000000192. The molecule has 0 radical (unpaired) electrons. The lowest BCUT2D eigenvalue weighted by Gasteiger charge is -2.49. The molecule has 176 valence electrons. The van der Waals surface area contributed by atoms with E-state index in [0.29, 0.717) is 18.6 Å². The third kappa shape index (κ3) is 5.27. The summed E-state index contributed by atoms with van der Waals surface area (Å²) in [5.74, 6) is 0.409. The highest BCUT2D eigenvalue weighted by Gasteiger charge is 2.48. The molecule has 1 saturated heterocycles. The van der Waals surface area contributed by atoms with Crippen molar-refractivity contribution >= 4 is 33.6 Å². The van der Waals surface area contributed by atoms with E-state index in [2.05, 4.69) is 107 Å². The van der Waals surface area contributed by atoms with Gasteiger partial charge in [-0.1, -0.05) is 72.0 Å². The predicted molar refractivity (Wildman–Crippen MR) is 150 cm³/mol. The lowest BCUT2D eigenvalue weighted by Crippen LogP contribution is -2.43. The summed E-state index contributed by atoms with van der Waals surface area (Å²) in [5.41, 5.74) is 2.47. The van der Waals surface area contributed by atoms with E-state index in [-0.39, 0.29) is 10.3 Å². The van der Waals surface area contributed by atoms with Gasteiger partial charge in [-0.15, -0.1) is 9.24 Å². The lowest BCUT2D eigenvalue weighted by molar-refractivity contribution is -0.120. The molecule has 0 N–H and O–H groups in total. The average Bonchev–Trinajstić information content (AvgIpc) is 3.47. The fourth-order valence-corrected chi connectivity index (χ4v) is 9.86. The van der Waals surface area contributed by atoms with E-state index in [1.165, 1.54) is 22.0 Å². The second kappa shape index (κ2) is 10.0. The molecule has 0 saturated carbocycles. The van der Waals surface area contributed by atoms with Gasteiger partial charge < -0.3 is 9.13 Å². The molecule has 1 fully saturated rings. The number of hydrogen-bond donors (Lipinski definition) is 0. The molecular formula is C29H34N2OP2. The Morgan fingerprint density at radius 1 is 0.676 bits per heavy atom. The molecule has 1 aliphatic heterocycles. The molecule has 0 amide bonds. The number of rotatable bonds is 3. The van der Waals surface area contributed by atoms with Crippen LogP contribution in [0.25, 0.3) is 11.4 Å². The van der Waals surface area contributed by atoms with Gasteiger partial charge in [0.1, 0.15) is 5.78 Å². The first kappa shape index (κ1) is 24.6. The minimum absolute atomic E-state index is 0.0391. The largest absolute Gasteiger partial charge is 0.323 e. The summed E-state index contributed by atoms with van der Waals surface area (Å²) in [6.45, 7) is 9.07. The van der Waals surface area contributed by atoms with Crippen molar-refractivity contribution in [3.63, 3.8) is 0 Å². The maximum atomic E-state index is 12.2. The van der Waals surface area contributed by atoms with E-state index in [9.17, 15) is 4.79 Å². The van der Waals surface area contributed by atoms with Crippen LogP contribution < -0.4 is 10.6 Å². The van der Waals surface area contributed by atoms with Crippen LogP contribution in [0.15, 0.2) is 97.6 Å². The Bertz CT molecular complexity index is 1220. The molecule has 2 aromatic heterocycles. The SMILES string of the molecule is CC1(C)CC(=O)CC(C)(C)P1c1ccccc1-n1cccc1.Pc1ccccc1-n1cccc1. The summed E-state index contributed by atoms with van der Waals surface area (Å²) >= 11 is 0. The fourth-order valence-electron chi connectivity index (χ4n) is 5.24. The maximum absolute atomic E-state index is 12.2. The zero-order chi connectivity index (χ0) is 24.3. The first-order valence-corrected chi connectivity index (χ1v) is 13.6. The van der Waals surface area contributed by atoms with Gasteiger partial charge in [0.05, 0.1) is 11.4 Å². The highest BCUT2D eigenvalue weighted by Crippen LogP contribution is 2.64. The van der Waals surface area contributed by atoms with Crippen molar-refractivity contribution in [2.24, 2.45) is 0 Å². The van der Waals surface area contributed by atoms with E-state index in [1.54, 1.807) is 0 Å². The molecule has 3 heterocycles. The van der Waals surface area contributed by atoms with Gasteiger partial charge in [0, 0.05) is 42.9 Å². The number of para-hydroxylation sites is 2. The topological polar surface area (TPSA) is 26.9 Å². The molecule has 34 heavy (non-hydrogen) atoms. The molecular weight excluding hydrogens is 454 g/mol. The summed E-state index contributed by atoms with van der Waals surface area (Å²) in [4.78, 5) is 12.2. The molecule has 0 aliphatic carbocycles. The maximum Gasteiger partial charge on any atom is 0.134 e. The van der Waals surface area contributed by atoms with Crippen molar-refractivity contribution in [3.8, 4) is 11.4 Å². The molecule has 0 spiro atoms. The molecule has 1 atom stereocenters. The van der Waals surface area contributed by atoms with E-state index in [0.717, 1.165) is 0 Å². The second-order valence-electron chi connectivity index (χ2n) is 10.1. The van der Waals surface area contributed by atoms with Crippen LogP contribution in [0, 0.1) is 0 Å². The van der Waals surface area contributed by atoms with Gasteiger partial charge in [-0.3, -0.25) is 4.79 Å². The fraction of sp³-hybridized carbons (Fsp3) is 0.276. The van der Waals surface area contributed by atoms with Crippen molar-refractivity contribution in [2.75, 3.05) is 0 Å².